The maximum atomic E-state index is 12.8. The van der Waals surface area contributed by atoms with E-state index in [0.717, 1.165) is 0 Å². The molecule has 0 heterocycles. The first kappa shape index (κ1) is 17.1. The average Bonchev–Trinajstić information content (AvgIpc) is 3.21. The van der Waals surface area contributed by atoms with Gasteiger partial charge in [0.15, 0.2) is 11.5 Å². The number of hydrogen-bond donors (Lipinski definition) is 2. The summed E-state index contributed by atoms with van der Waals surface area (Å²) in [6, 6.07) is 3.25. The van der Waals surface area contributed by atoms with Gasteiger partial charge in [0.1, 0.15) is 0 Å². The zero-order valence-corrected chi connectivity index (χ0v) is 14.3. The van der Waals surface area contributed by atoms with E-state index in [1.807, 2.05) is 12.2 Å². The number of carbonyl (C=O) groups is 2. The SMILES string of the molecule is COc1cc(NC(=O)[C@@H]2[C@H](C(=O)O)[C@H]3C=C[C@H]2C3)cc(OC)c1OC. The average molecular weight is 347 g/mol. The number of aliphatic carboxylic acids is 1. The van der Waals surface area contributed by atoms with Crippen LogP contribution >= 0.6 is 0 Å². The quantitative estimate of drug-likeness (QED) is 0.766. The Hall–Kier alpha value is -2.70. The van der Waals surface area contributed by atoms with Gasteiger partial charge in [0.2, 0.25) is 11.7 Å². The van der Waals surface area contributed by atoms with E-state index in [4.69, 9.17) is 14.2 Å². The van der Waals surface area contributed by atoms with E-state index < -0.39 is 17.8 Å². The van der Waals surface area contributed by atoms with Crippen molar-refractivity contribution in [3.05, 3.63) is 24.3 Å². The lowest BCUT2D eigenvalue weighted by Gasteiger charge is -2.24. The third kappa shape index (κ3) is 2.90. The number of ether oxygens (including phenoxy) is 3. The van der Waals surface area contributed by atoms with E-state index in [0.29, 0.717) is 29.4 Å². The van der Waals surface area contributed by atoms with Crippen LogP contribution in [0.3, 0.4) is 0 Å². The van der Waals surface area contributed by atoms with Gasteiger partial charge in [-0.25, -0.2) is 0 Å². The van der Waals surface area contributed by atoms with E-state index in [1.165, 1.54) is 21.3 Å². The Kier molecular flexibility index (Phi) is 4.57. The van der Waals surface area contributed by atoms with Crippen molar-refractivity contribution in [3.63, 3.8) is 0 Å². The summed E-state index contributed by atoms with van der Waals surface area (Å²) >= 11 is 0. The van der Waals surface area contributed by atoms with Crippen molar-refractivity contribution in [2.75, 3.05) is 26.6 Å². The van der Waals surface area contributed by atoms with Crippen molar-refractivity contribution in [2.24, 2.45) is 23.7 Å². The minimum atomic E-state index is -0.929. The van der Waals surface area contributed by atoms with Crippen LogP contribution < -0.4 is 19.5 Å². The number of methoxy groups -OCH3 is 3. The molecule has 7 heteroatoms. The number of nitrogens with one attached hydrogen (secondary N) is 1. The first-order valence-electron chi connectivity index (χ1n) is 8.02. The number of fused-ring (bicyclic) bond motifs is 2. The van der Waals surface area contributed by atoms with E-state index in [2.05, 4.69) is 5.32 Å². The summed E-state index contributed by atoms with van der Waals surface area (Å²) in [7, 11) is 4.48. The number of hydrogen-bond acceptors (Lipinski definition) is 5. The van der Waals surface area contributed by atoms with Crippen LogP contribution in [-0.2, 0) is 9.59 Å². The number of carboxylic acids is 1. The van der Waals surface area contributed by atoms with Crippen molar-refractivity contribution in [3.8, 4) is 17.2 Å². The summed E-state index contributed by atoms with van der Waals surface area (Å²) in [6.07, 6.45) is 4.57. The Bertz CT molecular complexity index is 703. The van der Waals surface area contributed by atoms with Gasteiger partial charge in [-0.3, -0.25) is 9.59 Å². The first-order valence-corrected chi connectivity index (χ1v) is 8.02. The molecule has 0 aliphatic heterocycles. The molecule has 1 amide bonds. The molecule has 0 radical (unpaired) electrons. The largest absolute Gasteiger partial charge is 0.493 e. The standard InChI is InChI=1S/C18H21NO6/c1-23-12-7-11(8-13(24-2)16(12)25-3)19-17(20)14-9-4-5-10(6-9)15(14)18(21)22/h4-5,7-10,14-15H,6H2,1-3H3,(H,19,20)(H,21,22)/t9-,10-,14-,15+/m0/s1. The lowest BCUT2D eigenvalue weighted by molar-refractivity contribution is -0.146. The zero-order chi connectivity index (χ0) is 18.1. The molecule has 2 N–H and O–H groups in total. The molecule has 134 valence electrons. The second kappa shape index (κ2) is 6.66. The highest BCUT2D eigenvalue weighted by Gasteiger charge is 2.51. The van der Waals surface area contributed by atoms with Crippen LogP contribution in [0.2, 0.25) is 0 Å². The molecular formula is C18H21NO6. The molecule has 2 aliphatic rings. The fraction of sp³-hybridized carbons (Fsp3) is 0.444. The minimum absolute atomic E-state index is 0.0341. The van der Waals surface area contributed by atoms with Crippen LogP contribution in [-0.4, -0.2) is 38.3 Å². The second-order valence-electron chi connectivity index (χ2n) is 6.24. The van der Waals surface area contributed by atoms with Crippen molar-refractivity contribution in [1.82, 2.24) is 0 Å². The van der Waals surface area contributed by atoms with Crippen LogP contribution in [0.1, 0.15) is 6.42 Å². The van der Waals surface area contributed by atoms with Gasteiger partial charge >= 0.3 is 5.97 Å². The summed E-state index contributed by atoms with van der Waals surface area (Å²) < 4.78 is 15.8. The summed E-state index contributed by atoms with van der Waals surface area (Å²) in [6.45, 7) is 0. The molecule has 1 saturated carbocycles. The maximum absolute atomic E-state index is 12.8. The predicted molar refractivity (Wildman–Crippen MR) is 90.1 cm³/mol. The maximum Gasteiger partial charge on any atom is 0.307 e. The third-order valence-corrected chi connectivity index (χ3v) is 4.98. The molecule has 0 spiro atoms. The molecule has 2 aliphatic carbocycles. The Labute approximate surface area is 145 Å². The van der Waals surface area contributed by atoms with Crippen molar-refractivity contribution in [2.45, 2.75) is 6.42 Å². The monoisotopic (exact) mass is 347 g/mol. The van der Waals surface area contributed by atoms with Crippen molar-refractivity contribution in [1.29, 1.82) is 0 Å². The van der Waals surface area contributed by atoms with Crippen molar-refractivity contribution >= 4 is 17.6 Å². The van der Waals surface area contributed by atoms with Gasteiger partial charge in [-0.05, 0) is 18.3 Å². The Morgan fingerprint density at radius 3 is 2.04 bits per heavy atom. The summed E-state index contributed by atoms with van der Waals surface area (Å²) in [5.41, 5.74) is 0.468. The lowest BCUT2D eigenvalue weighted by Crippen LogP contribution is -2.36. The van der Waals surface area contributed by atoms with Gasteiger partial charge in [0.25, 0.3) is 0 Å². The van der Waals surface area contributed by atoms with Crippen LogP contribution in [0, 0.1) is 23.7 Å². The normalized spacial score (nSPS) is 26.4. The molecule has 1 aromatic carbocycles. The Morgan fingerprint density at radius 2 is 1.56 bits per heavy atom. The zero-order valence-electron chi connectivity index (χ0n) is 14.3. The Morgan fingerprint density at radius 1 is 1.00 bits per heavy atom. The van der Waals surface area contributed by atoms with Crippen LogP contribution in [0.5, 0.6) is 17.2 Å². The molecule has 3 rings (SSSR count). The van der Waals surface area contributed by atoms with Crippen molar-refractivity contribution < 1.29 is 28.9 Å². The van der Waals surface area contributed by atoms with E-state index in [9.17, 15) is 14.7 Å². The Balaban J connectivity index is 1.86. The minimum Gasteiger partial charge on any atom is -0.493 e. The molecule has 0 aromatic heterocycles. The van der Waals surface area contributed by atoms with Crippen LogP contribution in [0.25, 0.3) is 0 Å². The second-order valence-corrected chi connectivity index (χ2v) is 6.24. The highest BCUT2D eigenvalue weighted by molar-refractivity contribution is 5.96. The van der Waals surface area contributed by atoms with Gasteiger partial charge < -0.3 is 24.6 Å². The number of allylic oxidation sites excluding steroid dienone is 2. The number of amides is 1. The molecule has 25 heavy (non-hydrogen) atoms. The highest BCUT2D eigenvalue weighted by Crippen LogP contribution is 2.48. The van der Waals surface area contributed by atoms with Crippen LogP contribution in [0.15, 0.2) is 24.3 Å². The van der Waals surface area contributed by atoms with Gasteiger partial charge in [0, 0.05) is 17.8 Å². The molecule has 1 aromatic rings. The molecule has 2 bridgehead atoms. The van der Waals surface area contributed by atoms with E-state index >= 15 is 0 Å². The summed E-state index contributed by atoms with van der Waals surface area (Å²) in [5, 5.41) is 12.3. The number of carbonyl (C=O) groups excluding carboxylic acids is 1. The fourth-order valence-corrected chi connectivity index (χ4v) is 3.90. The third-order valence-electron chi connectivity index (χ3n) is 4.98. The highest BCUT2D eigenvalue weighted by atomic mass is 16.5. The van der Waals surface area contributed by atoms with E-state index in [1.54, 1.807) is 12.1 Å². The smallest absolute Gasteiger partial charge is 0.307 e. The van der Waals surface area contributed by atoms with E-state index in [-0.39, 0.29) is 17.7 Å². The molecule has 1 fully saturated rings. The fourth-order valence-electron chi connectivity index (χ4n) is 3.90. The lowest BCUT2D eigenvalue weighted by atomic mass is 9.82. The predicted octanol–water partition coefficient (Wildman–Crippen LogP) is 2.17. The summed E-state index contributed by atoms with van der Waals surface area (Å²) in [5.74, 6) is -1.34. The number of benzene rings is 1. The number of anilines is 1. The molecule has 0 unspecified atom stereocenters. The number of carboxylic acid groups (broad SMARTS) is 1. The first-order chi connectivity index (χ1) is 12.0. The van der Waals surface area contributed by atoms with Gasteiger partial charge in [0.05, 0.1) is 33.2 Å². The van der Waals surface area contributed by atoms with Gasteiger partial charge in [-0.15, -0.1) is 0 Å². The van der Waals surface area contributed by atoms with Gasteiger partial charge in [-0.2, -0.15) is 0 Å². The van der Waals surface area contributed by atoms with Crippen LogP contribution in [0.4, 0.5) is 5.69 Å². The number of rotatable bonds is 6. The topological polar surface area (TPSA) is 94.1 Å². The summed E-state index contributed by atoms with van der Waals surface area (Å²) in [4.78, 5) is 24.3. The molecule has 4 atom stereocenters. The van der Waals surface area contributed by atoms with Gasteiger partial charge in [-0.1, -0.05) is 12.2 Å². The molecular weight excluding hydrogens is 326 g/mol. The molecule has 7 nitrogen and oxygen atoms in total. The molecule has 0 saturated heterocycles.